The molecule has 0 aliphatic carbocycles. The average molecular weight is 394 g/mol. The fraction of sp³-hybridized carbons (Fsp3) is 0.261. The monoisotopic (exact) mass is 394 g/mol. The van der Waals surface area contributed by atoms with Gasteiger partial charge in [0, 0.05) is 30.2 Å². The van der Waals surface area contributed by atoms with E-state index in [1.807, 2.05) is 36.0 Å². The van der Waals surface area contributed by atoms with Crippen molar-refractivity contribution >= 4 is 11.6 Å². The molecule has 1 unspecified atom stereocenters. The van der Waals surface area contributed by atoms with Crippen LogP contribution in [-0.4, -0.2) is 31.8 Å². The zero-order chi connectivity index (χ0) is 20.8. The summed E-state index contributed by atoms with van der Waals surface area (Å²) in [4.78, 5) is 12.9. The summed E-state index contributed by atoms with van der Waals surface area (Å²) < 4.78 is 18.1. The first-order valence-corrected chi connectivity index (χ1v) is 9.34. The second-order valence-corrected chi connectivity index (χ2v) is 6.72. The van der Waals surface area contributed by atoms with E-state index in [1.54, 1.807) is 33.5 Å². The normalized spacial score (nSPS) is 11.6. The lowest BCUT2D eigenvalue weighted by Crippen LogP contribution is -2.19. The van der Waals surface area contributed by atoms with Crippen molar-refractivity contribution in [3.8, 4) is 17.2 Å². The highest BCUT2D eigenvalue weighted by molar-refractivity contribution is 5.92. The molecule has 6 heteroatoms. The molecule has 0 radical (unpaired) electrons. The molecule has 1 aromatic heterocycles. The molecule has 0 saturated heterocycles. The summed E-state index contributed by atoms with van der Waals surface area (Å²) in [6.45, 7) is 2.05. The van der Waals surface area contributed by atoms with E-state index in [0.29, 0.717) is 22.9 Å². The predicted molar refractivity (Wildman–Crippen MR) is 113 cm³/mol. The highest BCUT2D eigenvalue weighted by atomic mass is 16.5. The molecule has 1 atom stereocenters. The van der Waals surface area contributed by atoms with Gasteiger partial charge in [0.05, 0.1) is 33.8 Å². The molecule has 0 fully saturated rings. The maximum absolute atomic E-state index is 12.9. The molecule has 1 amide bonds. The van der Waals surface area contributed by atoms with Crippen molar-refractivity contribution in [2.45, 2.75) is 19.4 Å². The van der Waals surface area contributed by atoms with Gasteiger partial charge in [0.2, 0.25) is 11.7 Å². The predicted octanol–water partition coefficient (Wildman–Crippen LogP) is 4.44. The third-order valence-corrected chi connectivity index (χ3v) is 4.78. The van der Waals surface area contributed by atoms with Crippen LogP contribution in [0, 0.1) is 6.92 Å². The number of nitrogens with zero attached hydrogens (tertiary/aromatic N) is 1. The highest BCUT2D eigenvalue weighted by Crippen LogP contribution is 2.40. The molecular weight excluding hydrogens is 368 g/mol. The summed E-state index contributed by atoms with van der Waals surface area (Å²) in [5.41, 5.74) is 2.84. The Balaban J connectivity index is 1.83. The molecule has 0 bridgehead atoms. The Morgan fingerprint density at radius 2 is 1.55 bits per heavy atom. The first-order valence-electron chi connectivity index (χ1n) is 9.34. The maximum atomic E-state index is 12.9. The molecular formula is C23H26N2O4. The van der Waals surface area contributed by atoms with E-state index < -0.39 is 0 Å². The first kappa shape index (κ1) is 20.3. The fourth-order valence-corrected chi connectivity index (χ4v) is 3.28. The Kier molecular flexibility index (Phi) is 6.44. The largest absolute Gasteiger partial charge is 0.493 e. The second kappa shape index (κ2) is 9.19. The van der Waals surface area contributed by atoms with Crippen LogP contribution in [-0.2, 0) is 4.79 Å². The van der Waals surface area contributed by atoms with Gasteiger partial charge in [0.15, 0.2) is 11.5 Å². The summed E-state index contributed by atoms with van der Waals surface area (Å²) >= 11 is 0. The minimum absolute atomic E-state index is 0.104. The topological polar surface area (TPSA) is 61.7 Å². The van der Waals surface area contributed by atoms with E-state index in [1.165, 1.54) is 5.56 Å². The number of ether oxygens (including phenoxy) is 3. The maximum Gasteiger partial charge on any atom is 0.226 e. The van der Waals surface area contributed by atoms with Gasteiger partial charge in [0.1, 0.15) is 0 Å². The molecule has 0 aliphatic heterocycles. The van der Waals surface area contributed by atoms with Crippen molar-refractivity contribution in [2.24, 2.45) is 0 Å². The van der Waals surface area contributed by atoms with E-state index in [9.17, 15) is 4.79 Å². The van der Waals surface area contributed by atoms with Crippen LogP contribution in [0.2, 0.25) is 0 Å². The minimum Gasteiger partial charge on any atom is -0.493 e. The van der Waals surface area contributed by atoms with Gasteiger partial charge in [-0.25, -0.2) is 0 Å². The van der Waals surface area contributed by atoms with Gasteiger partial charge >= 0.3 is 0 Å². The van der Waals surface area contributed by atoms with E-state index in [-0.39, 0.29) is 18.4 Å². The smallest absolute Gasteiger partial charge is 0.226 e. The number of amides is 1. The van der Waals surface area contributed by atoms with Gasteiger partial charge in [-0.3, -0.25) is 4.79 Å². The van der Waals surface area contributed by atoms with Crippen molar-refractivity contribution in [3.63, 3.8) is 0 Å². The number of hydrogen-bond donors (Lipinski definition) is 1. The quantitative estimate of drug-likeness (QED) is 0.614. The van der Waals surface area contributed by atoms with Crippen LogP contribution in [0.5, 0.6) is 17.2 Å². The molecule has 2 aromatic carbocycles. The fourth-order valence-electron chi connectivity index (χ4n) is 3.28. The molecule has 0 saturated carbocycles. The van der Waals surface area contributed by atoms with Crippen LogP contribution in [0.4, 0.5) is 5.69 Å². The van der Waals surface area contributed by atoms with Gasteiger partial charge in [-0.15, -0.1) is 0 Å². The number of carbonyl (C=O) groups excluding carboxylic acids is 1. The molecule has 29 heavy (non-hydrogen) atoms. The average Bonchev–Trinajstić information content (AvgIpc) is 3.26. The number of benzene rings is 2. The molecule has 1 N–H and O–H groups in total. The van der Waals surface area contributed by atoms with Gasteiger partial charge < -0.3 is 24.1 Å². The van der Waals surface area contributed by atoms with Crippen molar-refractivity contribution in [1.82, 2.24) is 4.57 Å². The van der Waals surface area contributed by atoms with Crippen molar-refractivity contribution in [2.75, 3.05) is 26.6 Å². The van der Waals surface area contributed by atoms with Crippen LogP contribution < -0.4 is 19.5 Å². The van der Waals surface area contributed by atoms with Gasteiger partial charge in [-0.1, -0.05) is 29.8 Å². The van der Waals surface area contributed by atoms with Gasteiger partial charge in [0.25, 0.3) is 0 Å². The third-order valence-electron chi connectivity index (χ3n) is 4.78. The number of carbonyl (C=O) groups is 1. The number of aryl methyl sites for hydroxylation is 1. The van der Waals surface area contributed by atoms with E-state index in [4.69, 9.17) is 14.2 Å². The number of hydrogen-bond acceptors (Lipinski definition) is 4. The third kappa shape index (κ3) is 4.71. The van der Waals surface area contributed by atoms with Crippen LogP contribution in [0.25, 0.3) is 0 Å². The Bertz CT molecular complexity index is 925. The molecule has 0 aliphatic rings. The molecule has 3 aromatic rings. The van der Waals surface area contributed by atoms with Crippen molar-refractivity contribution < 1.29 is 19.0 Å². The molecule has 6 nitrogen and oxygen atoms in total. The van der Waals surface area contributed by atoms with Crippen LogP contribution in [0.3, 0.4) is 0 Å². The van der Waals surface area contributed by atoms with E-state index >= 15 is 0 Å². The summed E-state index contributed by atoms with van der Waals surface area (Å²) in [5, 5.41) is 2.95. The van der Waals surface area contributed by atoms with Gasteiger partial charge in [-0.05, 0) is 24.6 Å². The molecule has 152 valence electrons. The number of methoxy groups -OCH3 is 3. The minimum atomic E-state index is -0.112. The Labute approximate surface area is 171 Å². The summed E-state index contributed by atoms with van der Waals surface area (Å²) in [6.07, 6.45) is 4.23. The molecule has 3 rings (SSSR count). The van der Waals surface area contributed by atoms with E-state index in [0.717, 1.165) is 5.56 Å². The lowest BCUT2D eigenvalue weighted by atomic mass is 10.0. The number of anilines is 1. The second-order valence-electron chi connectivity index (χ2n) is 6.72. The molecule has 0 spiro atoms. The number of rotatable bonds is 8. The Morgan fingerprint density at radius 1 is 0.966 bits per heavy atom. The summed E-state index contributed by atoms with van der Waals surface area (Å²) in [6, 6.07) is 15.5. The highest BCUT2D eigenvalue weighted by Gasteiger charge is 2.19. The first-order chi connectivity index (χ1) is 14.0. The van der Waals surface area contributed by atoms with Crippen molar-refractivity contribution in [3.05, 3.63) is 72.1 Å². The van der Waals surface area contributed by atoms with Crippen LogP contribution in [0.1, 0.15) is 23.6 Å². The lowest BCUT2D eigenvalue weighted by Gasteiger charge is -2.20. The van der Waals surface area contributed by atoms with Crippen LogP contribution in [0.15, 0.2) is 60.9 Å². The van der Waals surface area contributed by atoms with Crippen LogP contribution >= 0.6 is 0 Å². The summed E-state index contributed by atoms with van der Waals surface area (Å²) in [5.74, 6) is 1.35. The van der Waals surface area contributed by atoms with Crippen molar-refractivity contribution in [1.29, 1.82) is 0 Å². The van der Waals surface area contributed by atoms with Gasteiger partial charge in [-0.2, -0.15) is 0 Å². The standard InChI is InChI=1S/C23H26N2O4/c1-16-7-9-17(10-8-16)19(25-11-5-6-12-25)15-22(26)24-18-13-20(27-2)23(29-4)21(14-18)28-3/h5-14,19H,15H2,1-4H3,(H,24,26). The van der Waals surface area contributed by atoms with E-state index in [2.05, 4.69) is 29.6 Å². The molecule has 1 heterocycles. The number of nitrogens with one attached hydrogen (secondary N) is 1. The SMILES string of the molecule is COc1cc(NC(=O)CC(c2ccc(C)cc2)n2cccc2)cc(OC)c1OC. The zero-order valence-electron chi connectivity index (χ0n) is 17.1. The summed E-state index contributed by atoms with van der Waals surface area (Å²) in [7, 11) is 4.63. The Hall–Kier alpha value is -3.41. The zero-order valence-corrected chi connectivity index (χ0v) is 17.1. The lowest BCUT2D eigenvalue weighted by molar-refractivity contribution is -0.116. The number of aromatic nitrogens is 1. The Morgan fingerprint density at radius 3 is 2.07 bits per heavy atom.